The molecule has 0 atom stereocenters. The van der Waals surface area contributed by atoms with Crippen molar-refractivity contribution in [3.63, 3.8) is 0 Å². The molecule has 1 fully saturated rings. The topological polar surface area (TPSA) is 41.1 Å². The number of rotatable bonds is 4. The Labute approximate surface area is 117 Å². The van der Waals surface area contributed by atoms with Gasteiger partial charge in [0, 0.05) is 6.04 Å². The van der Waals surface area contributed by atoms with Crippen LogP contribution in [-0.2, 0) is 4.79 Å². The minimum absolute atomic E-state index is 0.0534. The lowest BCUT2D eigenvalue weighted by atomic mass is 9.95. The maximum absolute atomic E-state index is 13.6. The number of carbonyl (C=O) groups is 1. The molecule has 19 heavy (non-hydrogen) atoms. The molecule has 1 aliphatic rings. The first-order chi connectivity index (χ1) is 9.16. The summed E-state index contributed by atoms with van der Waals surface area (Å²) in [5.41, 5.74) is 0.256. The summed E-state index contributed by atoms with van der Waals surface area (Å²) in [7, 11) is 0. The molecule has 0 radical (unpaired) electrons. The van der Waals surface area contributed by atoms with Crippen LogP contribution in [0.1, 0.15) is 32.1 Å². The molecule has 1 saturated carbocycles. The quantitative estimate of drug-likeness (QED) is 0.890. The van der Waals surface area contributed by atoms with E-state index in [0.29, 0.717) is 0 Å². The van der Waals surface area contributed by atoms with E-state index in [0.717, 1.165) is 12.8 Å². The maximum atomic E-state index is 13.6. The highest BCUT2D eigenvalue weighted by molar-refractivity contribution is 6.31. The van der Waals surface area contributed by atoms with E-state index in [4.69, 9.17) is 11.6 Å². The summed E-state index contributed by atoms with van der Waals surface area (Å²) in [5, 5.41) is 5.79. The van der Waals surface area contributed by atoms with Crippen molar-refractivity contribution in [3.05, 3.63) is 29.0 Å². The third kappa shape index (κ3) is 4.10. The Morgan fingerprint density at radius 3 is 2.79 bits per heavy atom. The highest BCUT2D eigenvalue weighted by Crippen LogP contribution is 2.21. The van der Waals surface area contributed by atoms with Crippen molar-refractivity contribution < 1.29 is 9.18 Å². The average Bonchev–Trinajstić information content (AvgIpc) is 2.42. The predicted octanol–water partition coefficient (Wildman–Crippen LogP) is 3.34. The Balaban J connectivity index is 1.81. The Kier molecular flexibility index (Phi) is 5.02. The highest BCUT2D eigenvalue weighted by Gasteiger charge is 2.15. The van der Waals surface area contributed by atoms with E-state index >= 15 is 0 Å². The van der Waals surface area contributed by atoms with Crippen molar-refractivity contribution in [2.75, 3.05) is 11.9 Å². The average molecular weight is 285 g/mol. The van der Waals surface area contributed by atoms with Crippen molar-refractivity contribution in [2.24, 2.45) is 0 Å². The number of nitrogens with one attached hydrogen (secondary N) is 2. The molecule has 0 unspecified atom stereocenters. The third-order valence-electron chi connectivity index (χ3n) is 3.36. The number of halogens is 2. The SMILES string of the molecule is O=C(CNc1cccc(Cl)c1F)NC1CCCCC1. The Morgan fingerprint density at radius 2 is 2.05 bits per heavy atom. The van der Waals surface area contributed by atoms with Gasteiger partial charge in [-0.15, -0.1) is 0 Å². The zero-order chi connectivity index (χ0) is 13.7. The smallest absolute Gasteiger partial charge is 0.239 e. The van der Waals surface area contributed by atoms with Crippen molar-refractivity contribution in [1.29, 1.82) is 0 Å². The summed E-state index contributed by atoms with van der Waals surface area (Å²) < 4.78 is 13.6. The summed E-state index contributed by atoms with van der Waals surface area (Å²) in [6.45, 7) is 0.0633. The molecule has 2 rings (SSSR count). The Morgan fingerprint density at radius 1 is 1.32 bits per heavy atom. The van der Waals surface area contributed by atoms with Gasteiger partial charge in [0.15, 0.2) is 5.82 Å². The maximum Gasteiger partial charge on any atom is 0.239 e. The zero-order valence-corrected chi connectivity index (χ0v) is 11.5. The molecule has 0 bridgehead atoms. The lowest BCUT2D eigenvalue weighted by molar-refractivity contribution is -0.120. The van der Waals surface area contributed by atoms with Gasteiger partial charge in [0.2, 0.25) is 5.91 Å². The Bertz CT molecular complexity index is 447. The van der Waals surface area contributed by atoms with Crippen LogP contribution in [0.25, 0.3) is 0 Å². The van der Waals surface area contributed by atoms with Crippen molar-refractivity contribution in [3.8, 4) is 0 Å². The van der Waals surface area contributed by atoms with E-state index in [-0.39, 0.29) is 29.2 Å². The molecule has 0 heterocycles. The summed E-state index contributed by atoms with van der Waals surface area (Å²) in [5.74, 6) is -0.624. The van der Waals surface area contributed by atoms with Crippen LogP contribution in [0.5, 0.6) is 0 Å². The molecule has 1 aromatic rings. The minimum atomic E-state index is -0.519. The molecule has 0 aromatic heterocycles. The molecule has 3 nitrogen and oxygen atoms in total. The van der Waals surface area contributed by atoms with Crippen LogP contribution in [0.3, 0.4) is 0 Å². The summed E-state index contributed by atoms with van der Waals surface area (Å²) in [4.78, 5) is 11.8. The third-order valence-corrected chi connectivity index (χ3v) is 3.65. The van der Waals surface area contributed by atoms with E-state index in [2.05, 4.69) is 10.6 Å². The van der Waals surface area contributed by atoms with Gasteiger partial charge in [-0.3, -0.25) is 4.79 Å². The monoisotopic (exact) mass is 284 g/mol. The van der Waals surface area contributed by atoms with E-state index in [1.807, 2.05) is 0 Å². The number of anilines is 1. The van der Waals surface area contributed by atoms with Crippen LogP contribution in [0.15, 0.2) is 18.2 Å². The van der Waals surface area contributed by atoms with Crippen LogP contribution in [0.4, 0.5) is 10.1 Å². The van der Waals surface area contributed by atoms with Crippen molar-refractivity contribution >= 4 is 23.2 Å². The number of hydrogen-bond donors (Lipinski definition) is 2. The second-order valence-corrected chi connectivity index (χ2v) is 5.26. The van der Waals surface area contributed by atoms with Crippen LogP contribution < -0.4 is 10.6 Å². The van der Waals surface area contributed by atoms with Gasteiger partial charge in [0.05, 0.1) is 17.3 Å². The minimum Gasteiger partial charge on any atom is -0.374 e. The zero-order valence-electron chi connectivity index (χ0n) is 10.7. The van der Waals surface area contributed by atoms with Crippen molar-refractivity contribution in [1.82, 2.24) is 5.32 Å². The van der Waals surface area contributed by atoms with Crippen LogP contribution >= 0.6 is 11.6 Å². The van der Waals surface area contributed by atoms with E-state index in [9.17, 15) is 9.18 Å². The van der Waals surface area contributed by atoms with Gasteiger partial charge < -0.3 is 10.6 Å². The number of hydrogen-bond acceptors (Lipinski definition) is 2. The van der Waals surface area contributed by atoms with Gasteiger partial charge in [-0.25, -0.2) is 4.39 Å². The molecule has 1 aromatic carbocycles. The van der Waals surface area contributed by atoms with Gasteiger partial charge in [0.25, 0.3) is 0 Å². The molecule has 1 amide bonds. The molecule has 104 valence electrons. The van der Waals surface area contributed by atoms with Crippen LogP contribution in [0, 0.1) is 5.82 Å². The fraction of sp³-hybridized carbons (Fsp3) is 0.500. The summed E-state index contributed by atoms with van der Waals surface area (Å²) >= 11 is 5.67. The van der Waals surface area contributed by atoms with Gasteiger partial charge in [-0.2, -0.15) is 0 Å². The summed E-state index contributed by atoms with van der Waals surface area (Å²) in [6, 6.07) is 4.96. The van der Waals surface area contributed by atoms with Gasteiger partial charge >= 0.3 is 0 Å². The molecule has 5 heteroatoms. The first-order valence-electron chi connectivity index (χ1n) is 6.64. The lowest BCUT2D eigenvalue weighted by Crippen LogP contribution is -2.39. The first kappa shape index (κ1) is 14.1. The molecular formula is C14H18ClFN2O. The number of benzene rings is 1. The van der Waals surface area contributed by atoms with E-state index in [1.165, 1.54) is 25.3 Å². The van der Waals surface area contributed by atoms with Gasteiger partial charge in [0.1, 0.15) is 0 Å². The number of carbonyl (C=O) groups excluding carboxylic acids is 1. The second-order valence-electron chi connectivity index (χ2n) is 4.86. The van der Waals surface area contributed by atoms with E-state index < -0.39 is 5.82 Å². The predicted molar refractivity (Wildman–Crippen MR) is 74.9 cm³/mol. The first-order valence-corrected chi connectivity index (χ1v) is 7.02. The highest BCUT2D eigenvalue weighted by atomic mass is 35.5. The second kappa shape index (κ2) is 6.75. The van der Waals surface area contributed by atoms with Crippen LogP contribution in [-0.4, -0.2) is 18.5 Å². The van der Waals surface area contributed by atoms with E-state index in [1.54, 1.807) is 12.1 Å². The largest absolute Gasteiger partial charge is 0.374 e. The fourth-order valence-electron chi connectivity index (χ4n) is 2.34. The van der Waals surface area contributed by atoms with Gasteiger partial charge in [-0.1, -0.05) is 36.9 Å². The Hall–Kier alpha value is -1.29. The molecule has 0 aliphatic heterocycles. The summed E-state index contributed by atoms with van der Waals surface area (Å²) in [6.07, 6.45) is 5.66. The molecule has 2 N–H and O–H groups in total. The van der Waals surface area contributed by atoms with Gasteiger partial charge in [-0.05, 0) is 25.0 Å². The molecule has 0 spiro atoms. The normalized spacial score (nSPS) is 16.1. The fourth-order valence-corrected chi connectivity index (χ4v) is 2.52. The molecule has 0 saturated heterocycles. The standard InChI is InChI=1S/C14H18ClFN2O/c15-11-7-4-8-12(14(11)16)17-9-13(19)18-10-5-2-1-3-6-10/h4,7-8,10,17H,1-3,5-6,9H2,(H,18,19). The van der Waals surface area contributed by atoms with Crippen molar-refractivity contribution in [2.45, 2.75) is 38.1 Å². The lowest BCUT2D eigenvalue weighted by Gasteiger charge is -2.22. The molecular weight excluding hydrogens is 267 g/mol. The number of amides is 1. The molecule has 1 aliphatic carbocycles. The van der Waals surface area contributed by atoms with Crippen LogP contribution in [0.2, 0.25) is 5.02 Å².